The van der Waals surface area contributed by atoms with Gasteiger partial charge in [0.25, 0.3) is 0 Å². The van der Waals surface area contributed by atoms with E-state index >= 15 is 0 Å². The first-order valence-corrected chi connectivity index (χ1v) is 5.88. The molecule has 0 fully saturated rings. The van der Waals surface area contributed by atoms with Crippen LogP contribution in [0.1, 0.15) is 18.4 Å². The summed E-state index contributed by atoms with van der Waals surface area (Å²) in [6.07, 6.45) is 3.33. The molecule has 2 heteroatoms. The largest absolute Gasteiger partial charge is 0.385 e. The maximum absolute atomic E-state index is 5.15. The summed E-state index contributed by atoms with van der Waals surface area (Å²) < 4.78 is 10.3. The Bertz CT molecular complexity index is 251. The fourth-order valence-electron chi connectivity index (χ4n) is 1.86. The van der Waals surface area contributed by atoms with Crippen molar-refractivity contribution in [3.8, 4) is 0 Å². The van der Waals surface area contributed by atoms with Crippen LogP contribution in [0.3, 0.4) is 0 Å². The Morgan fingerprint density at radius 2 is 1.50 bits per heavy atom. The molecule has 0 atom stereocenters. The molecule has 0 saturated heterocycles. The molecule has 0 heterocycles. The van der Waals surface area contributed by atoms with Crippen LogP contribution in [0, 0.1) is 5.92 Å². The van der Waals surface area contributed by atoms with Crippen molar-refractivity contribution in [3.05, 3.63) is 35.9 Å². The second kappa shape index (κ2) is 8.31. The number of hydrogen-bond donors (Lipinski definition) is 0. The van der Waals surface area contributed by atoms with E-state index in [2.05, 4.69) is 30.3 Å². The molecule has 2 nitrogen and oxygen atoms in total. The van der Waals surface area contributed by atoms with E-state index in [1.807, 2.05) is 0 Å². The Balaban J connectivity index is 2.42. The zero-order chi connectivity index (χ0) is 11.6. The molecule has 0 N–H and O–H groups in total. The van der Waals surface area contributed by atoms with Gasteiger partial charge in [-0.2, -0.15) is 0 Å². The minimum absolute atomic E-state index is 0.655. The summed E-state index contributed by atoms with van der Waals surface area (Å²) in [6.45, 7) is 1.67. The number of hydrogen-bond acceptors (Lipinski definition) is 2. The van der Waals surface area contributed by atoms with Crippen molar-refractivity contribution < 1.29 is 9.47 Å². The van der Waals surface area contributed by atoms with Crippen molar-refractivity contribution in [1.82, 2.24) is 0 Å². The molecule has 0 aliphatic carbocycles. The molecule has 1 rings (SSSR count). The molecule has 0 saturated carbocycles. The van der Waals surface area contributed by atoms with Crippen LogP contribution in [-0.2, 0) is 15.9 Å². The first-order valence-electron chi connectivity index (χ1n) is 5.88. The minimum atomic E-state index is 0.655. The SMILES string of the molecule is COCCC(CCOC)Cc1ccccc1. The second-order valence-corrected chi connectivity index (χ2v) is 4.12. The lowest BCUT2D eigenvalue weighted by Gasteiger charge is -2.16. The van der Waals surface area contributed by atoms with Gasteiger partial charge in [-0.15, -0.1) is 0 Å². The lowest BCUT2D eigenvalue weighted by Crippen LogP contribution is -2.10. The highest BCUT2D eigenvalue weighted by Gasteiger charge is 2.09. The highest BCUT2D eigenvalue weighted by Crippen LogP contribution is 2.16. The molecule has 1 aromatic rings. The monoisotopic (exact) mass is 222 g/mol. The van der Waals surface area contributed by atoms with Crippen LogP contribution in [-0.4, -0.2) is 27.4 Å². The van der Waals surface area contributed by atoms with E-state index in [0.717, 1.165) is 32.5 Å². The van der Waals surface area contributed by atoms with E-state index in [-0.39, 0.29) is 0 Å². The summed E-state index contributed by atoms with van der Waals surface area (Å²) in [5, 5.41) is 0. The third-order valence-corrected chi connectivity index (χ3v) is 2.83. The van der Waals surface area contributed by atoms with Gasteiger partial charge in [-0.05, 0) is 30.7 Å². The Morgan fingerprint density at radius 1 is 0.938 bits per heavy atom. The normalized spacial score (nSPS) is 10.9. The van der Waals surface area contributed by atoms with E-state index in [4.69, 9.17) is 9.47 Å². The number of benzene rings is 1. The molecule has 0 aromatic heterocycles. The molecular formula is C14H22O2. The van der Waals surface area contributed by atoms with E-state index < -0.39 is 0 Å². The first-order chi connectivity index (χ1) is 7.86. The maximum atomic E-state index is 5.15. The molecule has 1 aromatic carbocycles. The minimum Gasteiger partial charge on any atom is -0.385 e. The topological polar surface area (TPSA) is 18.5 Å². The van der Waals surface area contributed by atoms with Gasteiger partial charge in [-0.1, -0.05) is 30.3 Å². The van der Waals surface area contributed by atoms with Gasteiger partial charge >= 0.3 is 0 Å². The highest BCUT2D eigenvalue weighted by atomic mass is 16.5. The van der Waals surface area contributed by atoms with Gasteiger partial charge in [-0.3, -0.25) is 0 Å². The zero-order valence-corrected chi connectivity index (χ0v) is 10.3. The fourth-order valence-corrected chi connectivity index (χ4v) is 1.86. The van der Waals surface area contributed by atoms with Crippen molar-refractivity contribution >= 4 is 0 Å². The molecule has 0 aliphatic rings. The van der Waals surface area contributed by atoms with Crippen LogP contribution in [0.25, 0.3) is 0 Å². The summed E-state index contributed by atoms with van der Waals surface area (Å²) in [7, 11) is 3.52. The quantitative estimate of drug-likeness (QED) is 0.673. The fraction of sp³-hybridized carbons (Fsp3) is 0.571. The van der Waals surface area contributed by atoms with Crippen molar-refractivity contribution in [3.63, 3.8) is 0 Å². The molecule has 0 bridgehead atoms. The van der Waals surface area contributed by atoms with Crippen LogP contribution < -0.4 is 0 Å². The molecule has 0 spiro atoms. The Morgan fingerprint density at radius 3 is 2.00 bits per heavy atom. The van der Waals surface area contributed by atoms with Gasteiger partial charge < -0.3 is 9.47 Å². The zero-order valence-electron chi connectivity index (χ0n) is 10.3. The summed E-state index contributed by atoms with van der Waals surface area (Å²) in [5.74, 6) is 0.655. The summed E-state index contributed by atoms with van der Waals surface area (Å²) in [4.78, 5) is 0. The standard InChI is InChI=1S/C14H22O2/c1-15-10-8-14(9-11-16-2)12-13-6-4-3-5-7-13/h3-7,14H,8-12H2,1-2H3. The second-order valence-electron chi connectivity index (χ2n) is 4.12. The molecule has 16 heavy (non-hydrogen) atoms. The van der Waals surface area contributed by atoms with Crippen LogP contribution in [0.2, 0.25) is 0 Å². The Hall–Kier alpha value is -0.860. The molecular weight excluding hydrogens is 200 g/mol. The van der Waals surface area contributed by atoms with Crippen molar-refractivity contribution in [2.45, 2.75) is 19.3 Å². The van der Waals surface area contributed by atoms with Gasteiger partial charge in [0, 0.05) is 27.4 Å². The van der Waals surface area contributed by atoms with E-state index in [9.17, 15) is 0 Å². The van der Waals surface area contributed by atoms with Gasteiger partial charge in [0.05, 0.1) is 0 Å². The average Bonchev–Trinajstić information content (AvgIpc) is 2.34. The molecule has 0 radical (unpaired) electrons. The maximum Gasteiger partial charge on any atom is 0.0465 e. The third kappa shape index (κ3) is 5.29. The lowest BCUT2D eigenvalue weighted by atomic mass is 9.94. The average molecular weight is 222 g/mol. The predicted octanol–water partition coefficient (Wildman–Crippen LogP) is 2.92. The predicted molar refractivity (Wildman–Crippen MR) is 66.6 cm³/mol. The van der Waals surface area contributed by atoms with Crippen LogP contribution in [0.15, 0.2) is 30.3 Å². The molecule has 0 aliphatic heterocycles. The highest BCUT2D eigenvalue weighted by molar-refractivity contribution is 5.15. The van der Waals surface area contributed by atoms with Crippen LogP contribution in [0.4, 0.5) is 0 Å². The molecule has 90 valence electrons. The smallest absolute Gasteiger partial charge is 0.0465 e. The van der Waals surface area contributed by atoms with E-state index in [1.165, 1.54) is 5.56 Å². The lowest BCUT2D eigenvalue weighted by molar-refractivity contribution is 0.147. The third-order valence-electron chi connectivity index (χ3n) is 2.83. The van der Waals surface area contributed by atoms with Crippen molar-refractivity contribution in [1.29, 1.82) is 0 Å². The Labute approximate surface area is 98.6 Å². The number of rotatable bonds is 8. The van der Waals surface area contributed by atoms with Crippen molar-refractivity contribution in [2.75, 3.05) is 27.4 Å². The van der Waals surface area contributed by atoms with Crippen LogP contribution in [0.5, 0.6) is 0 Å². The summed E-state index contributed by atoms with van der Waals surface area (Å²) in [6, 6.07) is 10.6. The number of methoxy groups -OCH3 is 2. The van der Waals surface area contributed by atoms with Gasteiger partial charge in [0.2, 0.25) is 0 Å². The number of ether oxygens (including phenoxy) is 2. The van der Waals surface area contributed by atoms with Gasteiger partial charge in [-0.25, -0.2) is 0 Å². The Kier molecular flexibility index (Phi) is 6.86. The summed E-state index contributed by atoms with van der Waals surface area (Å²) >= 11 is 0. The van der Waals surface area contributed by atoms with Crippen LogP contribution >= 0.6 is 0 Å². The van der Waals surface area contributed by atoms with E-state index in [0.29, 0.717) is 5.92 Å². The molecule has 0 unspecified atom stereocenters. The van der Waals surface area contributed by atoms with Gasteiger partial charge in [0.1, 0.15) is 0 Å². The van der Waals surface area contributed by atoms with Crippen molar-refractivity contribution in [2.24, 2.45) is 5.92 Å². The molecule has 0 amide bonds. The van der Waals surface area contributed by atoms with Gasteiger partial charge in [0.15, 0.2) is 0 Å². The first kappa shape index (κ1) is 13.2. The van der Waals surface area contributed by atoms with E-state index in [1.54, 1.807) is 14.2 Å². The summed E-state index contributed by atoms with van der Waals surface area (Å²) in [5.41, 5.74) is 1.40.